The van der Waals surface area contributed by atoms with E-state index < -0.39 is 32.7 Å². The number of carboxylic acid groups (broad SMARTS) is 1. The number of pyridine rings is 1. The molecule has 0 spiro atoms. The zero-order valence-corrected chi connectivity index (χ0v) is 12.8. The van der Waals surface area contributed by atoms with E-state index in [4.69, 9.17) is 9.84 Å². The molecule has 1 aromatic heterocycles. The molecule has 0 radical (unpaired) electrons. The Hall–Kier alpha value is -1.63. The van der Waals surface area contributed by atoms with Crippen molar-refractivity contribution in [3.05, 3.63) is 23.5 Å². The summed E-state index contributed by atoms with van der Waals surface area (Å²) in [6, 6.07) is 3.18. The first-order valence-corrected chi connectivity index (χ1v) is 7.85. The molecule has 1 N–H and O–H groups in total. The van der Waals surface area contributed by atoms with Crippen LogP contribution in [0.25, 0.3) is 0 Å². The van der Waals surface area contributed by atoms with Crippen molar-refractivity contribution in [3.63, 3.8) is 0 Å². The summed E-state index contributed by atoms with van der Waals surface area (Å²) in [6.45, 7) is 4.86. The van der Waals surface area contributed by atoms with Gasteiger partial charge in [-0.05, 0) is 12.8 Å². The number of aliphatic carboxylic acids is 1. The van der Waals surface area contributed by atoms with Crippen LogP contribution in [0, 0.1) is 12.8 Å². The molecule has 1 aromatic rings. The number of carbonyl (C=O) groups is 1. The molecule has 0 fully saturated rings. The molecule has 112 valence electrons. The number of rotatable bonds is 6. The highest BCUT2D eigenvalue weighted by Gasteiger charge is 2.35. The lowest BCUT2D eigenvalue weighted by Crippen LogP contribution is -2.36. The highest BCUT2D eigenvalue weighted by Crippen LogP contribution is 2.20. The molecule has 0 saturated carbocycles. The maximum atomic E-state index is 12.2. The molecule has 1 unspecified atom stereocenters. The Labute approximate surface area is 118 Å². The largest absolute Gasteiger partial charge is 0.497 e. The second-order valence-corrected chi connectivity index (χ2v) is 7.07. The van der Waals surface area contributed by atoms with E-state index in [9.17, 15) is 13.2 Å². The summed E-state index contributed by atoms with van der Waals surface area (Å²) in [4.78, 5) is 15.3. The second kappa shape index (κ2) is 6.21. The monoisotopic (exact) mass is 301 g/mol. The summed E-state index contributed by atoms with van der Waals surface area (Å²) in [5.74, 6) is -1.76. The lowest BCUT2D eigenvalue weighted by atomic mass is 10.1. The van der Waals surface area contributed by atoms with Gasteiger partial charge in [-0.25, -0.2) is 8.42 Å². The first kappa shape index (κ1) is 16.4. The number of sulfone groups is 1. The molecule has 0 saturated heterocycles. The maximum Gasteiger partial charge on any atom is 0.322 e. The predicted octanol–water partition coefficient (Wildman–Crippen LogP) is 1.42. The fourth-order valence-corrected chi connectivity index (χ4v) is 3.92. The normalized spacial score (nSPS) is 13.2. The van der Waals surface area contributed by atoms with Crippen LogP contribution >= 0.6 is 0 Å². The number of aromatic nitrogens is 1. The van der Waals surface area contributed by atoms with Gasteiger partial charge in [0.1, 0.15) is 5.75 Å². The number of methoxy groups -OCH3 is 1. The summed E-state index contributed by atoms with van der Waals surface area (Å²) in [5, 5.41) is 7.65. The molecular weight excluding hydrogens is 282 g/mol. The van der Waals surface area contributed by atoms with Gasteiger partial charge < -0.3 is 9.84 Å². The van der Waals surface area contributed by atoms with Gasteiger partial charge in [0, 0.05) is 17.8 Å². The minimum Gasteiger partial charge on any atom is -0.497 e. The molecule has 0 aliphatic heterocycles. The highest BCUT2D eigenvalue weighted by molar-refractivity contribution is 7.92. The topological polar surface area (TPSA) is 93.6 Å². The predicted molar refractivity (Wildman–Crippen MR) is 74.4 cm³/mol. The number of nitrogens with zero attached hydrogens (tertiary/aromatic N) is 1. The Kier molecular flexibility index (Phi) is 5.10. The lowest BCUT2D eigenvalue weighted by Gasteiger charge is -2.17. The van der Waals surface area contributed by atoms with E-state index in [-0.39, 0.29) is 5.69 Å². The van der Waals surface area contributed by atoms with Gasteiger partial charge in [-0.15, -0.1) is 0 Å². The summed E-state index contributed by atoms with van der Waals surface area (Å²) < 4.78 is 29.5. The van der Waals surface area contributed by atoms with Crippen LogP contribution < -0.4 is 4.74 Å². The minimum atomic E-state index is -3.83. The number of hydrogen-bond acceptors (Lipinski definition) is 5. The highest BCUT2D eigenvalue weighted by atomic mass is 32.2. The molecular formula is C13H19NO5S. The third-order valence-electron chi connectivity index (χ3n) is 2.80. The Morgan fingerprint density at radius 3 is 2.45 bits per heavy atom. The van der Waals surface area contributed by atoms with Gasteiger partial charge in [0.05, 0.1) is 18.6 Å². The zero-order valence-electron chi connectivity index (χ0n) is 12.0. The lowest BCUT2D eigenvalue weighted by molar-refractivity contribution is -0.137. The van der Waals surface area contributed by atoms with Crippen molar-refractivity contribution in [1.82, 2.24) is 4.98 Å². The fourth-order valence-electron chi connectivity index (χ4n) is 2.04. The summed E-state index contributed by atoms with van der Waals surface area (Å²) in [6.07, 6.45) is 0. The van der Waals surface area contributed by atoms with Crippen molar-refractivity contribution in [3.8, 4) is 5.75 Å². The molecule has 0 aliphatic carbocycles. The third kappa shape index (κ3) is 3.93. The van der Waals surface area contributed by atoms with E-state index in [1.54, 1.807) is 26.8 Å². The van der Waals surface area contributed by atoms with Gasteiger partial charge in [0.15, 0.2) is 15.1 Å². The molecule has 6 nitrogen and oxygen atoms in total. The van der Waals surface area contributed by atoms with Gasteiger partial charge >= 0.3 is 5.97 Å². The first-order chi connectivity index (χ1) is 9.17. The molecule has 0 amide bonds. The number of hydrogen-bond donors (Lipinski definition) is 1. The quantitative estimate of drug-likeness (QED) is 0.854. The van der Waals surface area contributed by atoms with Crippen molar-refractivity contribution in [2.75, 3.05) is 7.11 Å². The Morgan fingerprint density at radius 1 is 1.40 bits per heavy atom. The van der Waals surface area contributed by atoms with E-state index in [0.29, 0.717) is 11.4 Å². The number of aryl methyl sites for hydroxylation is 1. The van der Waals surface area contributed by atoms with Gasteiger partial charge in [0.25, 0.3) is 0 Å². The Bertz CT molecular complexity index is 595. The SMILES string of the molecule is COc1cc(C)nc(CS(=O)(=O)C(C(=O)O)C(C)C)c1. The molecule has 1 atom stereocenters. The second-order valence-electron chi connectivity index (χ2n) is 4.95. The summed E-state index contributed by atoms with van der Waals surface area (Å²) in [5.41, 5.74) is 0.903. The van der Waals surface area contributed by atoms with Crippen molar-refractivity contribution in [1.29, 1.82) is 0 Å². The third-order valence-corrected chi connectivity index (χ3v) is 5.02. The average molecular weight is 301 g/mol. The standard InChI is InChI=1S/C13H19NO5S/c1-8(2)12(13(15)16)20(17,18)7-10-6-11(19-4)5-9(3)14-10/h5-6,8,12H,7H2,1-4H3,(H,15,16). The van der Waals surface area contributed by atoms with Crippen LogP contribution in [0.15, 0.2) is 12.1 Å². The van der Waals surface area contributed by atoms with Crippen LogP contribution in [0.2, 0.25) is 0 Å². The fraction of sp³-hybridized carbons (Fsp3) is 0.538. The van der Waals surface area contributed by atoms with Crippen LogP contribution in [0.4, 0.5) is 0 Å². The smallest absolute Gasteiger partial charge is 0.322 e. The van der Waals surface area contributed by atoms with Crippen LogP contribution in [0.1, 0.15) is 25.2 Å². The van der Waals surface area contributed by atoms with E-state index in [2.05, 4.69) is 4.98 Å². The van der Waals surface area contributed by atoms with Crippen LogP contribution in [0.3, 0.4) is 0 Å². The molecule has 0 aliphatic rings. The molecule has 1 rings (SSSR count). The minimum absolute atomic E-state index is 0.286. The number of ether oxygens (including phenoxy) is 1. The van der Waals surface area contributed by atoms with E-state index in [0.717, 1.165) is 0 Å². The molecule has 20 heavy (non-hydrogen) atoms. The zero-order chi connectivity index (χ0) is 15.5. The van der Waals surface area contributed by atoms with Crippen molar-refractivity contribution >= 4 is 15.8 Å². The van der Waals surface area contributed by atoms with Crippen LogP contribution in [0.5, 0.6) is 5.75 Å². The van der Waals surface area contributed by atoms with Crippen LogP contribution in [-0.2, 0) is 20.4 Å². The van der Waals surface area contributed by atoms with E-state index >= 15 is 0 Å². The van der Waals surface area contributed by atoms with Gasteiger partial charge in [0.2, 0.25) is 0 Å². The molecule has 0 aromatic carbocycles. The summed E-state index contributed by atoms with van der Waals surface area (Å²) in [7, 11) is -2.36. The Morgan fingerprint density at radius 2 is 2.00 bits per heavy atom. The first-order valence-electron chi connectivity index (χ1n) is 6.13. The number of carboxylic acids is 1. The van der Waals surface area contributed by atoms with Crippen molar-refractivity contribution < 1.29 is 23.1 Å². The van der Waals surface area contributed by atoms with Crippen LogP contribution in [-0.4, -0.2) is 36.8 Å². The maximum absolute atomic E-state index is 12.2. The molecule has 1 heterocycles. The van der Waals surface area contributed by atoms with Gasteiger partial charge in [-0.1, -0.05) is 13.8 Å². The van der Waals surface area contributed by atoms with Gasteiger partial charge in [-0.2, -0.15) is 0 Å². The average Bonchev–Trinajstić information content (AvgIpc) is 2.25. The van der Waals surface area contributed by atoms with E-state index in [1.807, 2.05) is 0 Å². The van der Waals surface area contributed by atoms with Crippen molar-refractivity contribution in [2.24, 2.45) is 5.92 Å². The molecule has 0 bridgehead atoms. The van der Waals surface area contributed by atoms with Crippen molar-refractivity contribution in [2.45, 2.75) is 31.8 Å². The van der Waals surface area contributed by atoms with Gasteiger partial charge in [-0.3, -0.25) is 9.78 Å². The summed E-state index contributed by atoms with van der Waals surface area (Å²) >= 11 is 0. The Balaban J connectivity index is 3.13. The van der Waals surface area contributed by atoms with E-state index in [1.165, 1.54) is 13.2 Å². The molecule has 7 heteroatoms.